The molecule has 0 aliphatic rings. The van der Waals surface area contributed by atoms with Crippen molar-refractivity contribution in [1.82, 2.24) is 9.97 Å². The van der Waals surface area contributed by atoms with Crippen LogP contribution in [0, 0.1) is 0 Å². The minimum atomic E-state index is -0.367. The first kappa shape index (κ1) is 12.8. The monoisotopic (exact) mass is 258 g/mol. The number of nitrogens with two attached hydrogens (primary N) is 1. The van der Waals surface area contributed by atoms with Gasteiger partial charge in [-0.05, 0) is 19.1 Å². The molecular weight excluding hydrogens is 244 g/mol. The molecule has 0 saturated heterocycles. The highest BCUT2D eigenvalue weighted by Gasteiger charge is 2.08. The summed E-state index contributed by atoms with van der Waals surface area (Å²) in [4.78, 5) is 19.6. The molecule has 0 saturated carbocycles. The summed E-state index contributed by atoms with van der Waals surface area (Å²) in [6, 6.07) is 7.12. The molecule has 0 spiro atoms. The van der Waals surface area contributed by atoms with Crippen molar-refractivity contribution >= 4 is 17.4 Å². The smallest absolute Gasteiger partial charge is 0.275 e. The van der Waals surface area contributed by atoms with Gasteiger partial charge in [-0.15, -0.1) is 0 Å². The van der Waals surface area contributed by atoms with Gasteiger partial charge in [0.15, 0.2) is 0 Å². The quantitative estimate of drug-likeness (QED) is 0.871. The maximum absolute atomic E-state index is 11.9. The summed E-state index contributed by atoms with van der Waals surface area (Å²) in [6.07, 6.45) is 2.74. The molecule has 0 fully saturated rings. The Morgan fingerprint density at radius 3 is 3.00 bits per heavy atom. The number of nitrogen functional groups attached to an aromatic ring is 1. The molecule has 1 aromatic carbocycles. The lowest BCUT2D eigenvalue weighted by Gasteiger charge is -2.07. The second-order valence-electron chi connectivity index (χ2n) is 3.74. The van der Waals surface area contributed by atoms with Gasteiger partial charge in [0.05, 0.1) is 19.0 Å². The number of ether oxygens (including phenoxy) is 1. The lowest BCUT2D eigenvalue weighted by atomic mass is 10.3. The van der Waals surface area contributed by atoms with Crippen molar-refractivity contribution in [3.05, 3.63) is 42.4 Å². The minimum absolute atomic E-state index is 0.168. The Morgan fingerprint density at radius 1 is 1.42 bits per heavy atom. The molecule has 0 bridgehead atoms. The highest BCUT2D eigenvalue weighted by Crippen LogP contribution is 2.17. The minimum Gasteiger partial charge on any atom is -0.494 e. The number of anilines is 2. The van der Waals surface area contributed by atoms with E-state index in [2.05, 4.69) is 15.3 Å². The first-order chi connectivity index (χ1) is 9.19. The molecular formula is C13H14N4O2. The molecule has 0 aliphatic carbocycles. The van der Waals surface area contributed by atoms with Crippen LogP contribution in [0.15, 0.2) is 36.7 Å². The molecule has 0 aliphatic heterocycles. The number of carbonyl (C=O) groups excluding carboxylic acids is 1. The Morgan fingerprint density at radius 2 is 2.26 bits per heavy atom. The molecule has 0 unspecified atom stereocenters. The molecule has 0 radical (unpaired) electrons. The van der Waals surface area contributed by atoms with E-state index in [4.69, 9.17) is 10.5 Å². The predicted octanol–water partition coefficient (Wildman–Crippen LogP) is 1.71. The largest absolute Gasteiger partial charge is 0.494 e. The van der Waals surface area contributed by atoms with E-state index in [0.29, 0.717) is 18.0 Å². The molecule has 1 aromatic heterocycles. The van der Waals surface area contributed by atoms with Crippen molar-refractivity contribution in [2.75, 3.05) is 17.7 Å². The second kappa shape index (κ2) is 5.81. The molecule has 0 atom stereocenters. The maximum Gasteiger partial charge on any atom is 0.275 e. The van der Waals surface area contributed by atoms with Gasteiger partial charge >= 0.3 is 0 Å². The average Bonchev–Trinajstić information content (AvgIpc) is 2.39. The van der Waals surface area contributed by atoms with Crippen LogP contribution in [0.3, 0.4) is 0 Å². The topological polar surface area (TPSA) is 90.1 Å². The number of benzene rings is 1. The van der Waals surface area contributed by atoms with Gasteiger partial charge in [-0.2, -0.15) is 0 Å². The third-order valence-electron chi connectivity index (χ3n) is 2.29. The van der Waals surface area contributed by atoms with E-state index < -0.39 is 0 Å². The van der Waals surface area contributed by atoms with E-state index in [1.807, 2.05) is 13.0 Å². The Labute approximate surface area is 110 Å². The van der Waals surface area contributed by atoms with Gasteiger partial charge < -0.3 is 15.8 Å². The van der Waals surface area contributed by atoms with Crippen LogP contribution in [-0.4, -0.2) is 22.5 Å². The van der Waals surface area contributed by atoms with E-state index in [1.165, 1.54) is 12.4 Å². The normalized spacial score (nSPS) is 9.95. The fourth-order valence-corrected chi connectivity index (χ4v) is 1.52. The fraction of sp³-hybridized carbons (Fsp3) is 0.154. The summed E-state index contributed by atoms with van der Waals surface area (Å²) in [5.41, 5.74) is 6.27. The van der Waals surface area contributed by atoms with E-state index in [0.717, 1.165) is 0 Å². The fourth-order valence-electron chi connectivity index (χ4n) is 1.52. The van der Waals surface area contributed by atoms with Crippen LogP contribution in [0.2, 0.25) is 0 Å². The molecule has 98 valence electrons. The number of rotatable bonds is 4. The van der Waals surface area contributed by atoms with Crippen molar-refractivity contribution in [3.8, 4) is 5.75 Å². The van der Waals surface area contributed by atoms with Crippen LogP contribution >= 0.6 is 0 Å². The van der Waals surface area contributed by atoms with E-state index in [1.54, 1.807) is 18.2 Å². The van der Waals surface area contributed by atoms with Gasteiger partial charge in [0.1, 0.15) is 17.3 Å². The summed E-state index contributed by atoms with van der Waals surface area (Å²) in [7, 11) is 0. The zero-order valence-corrected chi connectivity index (χ0v) is 10.5. The van der Waals surface area contributed by atoms with Crippen molar-refractivity contribution in [1.29, 1.82) is 0 Å². The Kier molecular flexibility index (Phi) is 3.92. The summed E-state index contributed by atoms with van der Waals surface area (Å²) in [6.45, 7) is 2.46. The van der Waals surface area contributed by atoms with Crippen molar-refractivity contribution in [2.24, 2.45) is 0 Å². The third-order valence-corrected chi connectivity index (χ3v) is 2.29. The molecule has 3 N–H and O–H groups in total. The van der Waals surface area contributed by atoms with Crippen molar-refractivity contribution in [2.45, 2.75) is 6.92 Å². The van der Waals surface area contributed by atoms with E-state index in [-0.39, 0.29) is 17.4 Å². The zero-order chi connectivity index (χ0) is 13.7. The van der Waals surface area contributed by atoms with Gasteiger partial charge in [-0.3, -0.25) is 9.78 Å². The maximum atomic E-state index is 11.9. The van der Waals surface area contributed by atoms with Gasteiger partial charge in [-0.25, -0.2) is 4.98 Å². The SMILES string of the molecule is CCOc1cccc(NC(=O)c2cncc(N)n2)c1. The van der Waals surface area contributed by atoms with Crippen LogP contribution in [0.1, 0.15) is 17.4 Å². The van der Waals surface area contributed by atoms with Crippen LogP contribution in [-0.2, 0) is 0 Å². The Hall–Kier alpha value is -2.63. The van der Waals surface area contributed by atoms with Crippen molar-refractivity contribution < 1.29 is 9.53 Å². The average molecular weight is 258 g/mol. The van der Waals surface area contributed by atoms with Gasteiger partial charge in [0.2, 0.25) is 0 Å². The summed E-state index contributed by atoms with van der Waals surface area (Å²) in [5.74, 6) is 0.531. The molecule has 2 aromatic rings. The van der Waals surface area contributed by atoms with Crippen LogP contribution in [0.5, 0.6) is 5.75 Å². The number of amides is 1. The van der Waals surface area contributed by atoms with Crippen LogP contribution in [0.4, 0.5) is 11.5 Å². The highest BCUT2D eigenvalue weighted by molar-refractivity contribution is 6.02. The summed E-state index contributed by atoms with van der Waals surface area (Å²) >= 11 is 0. The molecule has 1 heterocycles. The van der Waals surface area contributed by atoms with Gasteiger partial charge in [0.25, 0.3) is 5.91 Å². The van der Waals surface area contributed by atoms with Crippen LogP contribution < -0.4 is 15.8 Å². The molecule has 1 amide bonds. The number of nitrogens with zero attached hydrogens (tertiary/aromatic N) is 2. The Bertz CT molecular complexity index is 586. The lowest BCUT2D eigenvalue weighted by molar-refractivity contribution is 0.102. The summed E-state index contributed by atoms with van der Waals surface area (Å²) in [5, 5.41) is 2.71. The third kappa shape index (κ3) is 3.41. The molecule has 19 heavy (non-hydrogen) atoms. The number of hydrogen-bond donors (Lipinski definition) is 2. The molecule has 2 rings (SSSR count). The second-order valence-corrected chi connectivity index (χ2v) is 3.74. The standard InChI is InChI=1S/C13H14N4O2/c1-2-19-10-5-3-4-9(6-10)16-13(18)11-7-15-8-12(14)17-11/h3-8H,2H2,1H3,(H2,14,17)(H,16,18). The number of hydrogen-bond acceptors (Lipinski definition) is 5. The summed E-state index contributed by atoms with van der Waals surface area (Å²) < 4.78 is 5.35. The highest BCUT2D eigenvalue weighted by atomic mass is 16.5. The van der Waals surface area contributed by atoms with Crippen molar-refractivity contribution in [3.63, 3.8) is 0 Å². The van der Waals surface area contributed by atoms with Crippen LogP contribution in [0.25, 0.3) is 0 Å². The Balaban J connectivity index is 2.12. The van der Waals surface area contributed by atoms with E-state index >= 15 is 0 Å². The number of aromatic nitrogens is 2. The lowest BCUT2D eigenvalue weighted by Crippen LogP contribution is -2.14. The van der Waals surface area contributed by atoms with E-state index in [9.17, 15) is 4.79 Å². The van der Waals surface area contributed by atoms with Gasteiger partial charge in [-0.1, -0.05) is 6.07 Å². The molecule has 6 nitrogen and oxygen atoms in total. The predicted molar refractivity (Wildman–Crippen MR) is 72.0 cm³/mol. The first-order valence-electron chi connectivity index (χ1n) is 5.81. The number of carbonyl (C=O) groups is 1. The zero-order valence-electron chi connectivity index (χ0n) is 10.5. The van der Waals surface area contributed by atoms with Gasteiger partial charge in [0, 0.05) is 11.8 Å². The number of nitrogens with one attached hydrogen (secondary N) is 1. The molecule has 6 heteroatoms. The first-order valence-corrected chi connectivity index (χ1v) is 5.81.